The summed E-state index contributed by atoms with van der Waals surface area (Å²) in [6.45, 7) is 2.50. The zero-order valence-corrected chi connectivity index (χ0v) is 10.7. The summed E-state index contributed by atoms with van der Waals surface area (Å²) < 4.78 is 0. The summed E-state index contributed by atoms with van der Waals surface area (Å²) in [6.07, 6.45) is 4.94. The maximum atomic E-state index is 11.5. The van der Waals surface area contributed by atoms with Gasteiger partial charge in [0.1, 0.15) is 0 Å². The molecule has 0 spiro atoms. The highest BCUT2D eigenvalue weighted by Gasteiger charge is 2.18. The predicted octanol–water partition coefficient (Wildman–Crippen LogP) is 2.09. The van der Waals surface area contributed by atoms with Gasteiger partial charge in [-0.25, -0.2) is 0 Å². The van der Waals surface area contributed by atoms with Crippen molar-refractivity contribution in [1.29, 1.82) is 0 Å². The maximum Gasteiger partial charge on any atom is 0.238 e. The first-order valence-electron chi connectivity index (χ1n) is 5.78. The van der Waals surface area contributed by atoms with Crippen LogP contribution < -0.4 is 10.6 Å². The van der Waals surface area contributed by atoms with Crippen LogP contribution in [0.25, 0.3) is 0 Å². The molecule has 0 aromatic carbocycles. The molecule has 0 bridgehead atoms. The SMILES string of the molecule is CNCC(=O)Nc1sc2c(c1C)CCCC2. The minimum absolute atomic E-state index is 0.0456. The molecular weight excluding hydrogens is 220 g/mol. The number of carbonyl (C=O) groups is 1. The minimum atomic E-state index is 0.0456. The molecule has 0 atom stereocenters. The number of carbonyl (C=O) groups excluding carboxylic acids is 1. The van der Waals surface area contributed by atoms with Gasteiger partial charge in [-0.05, 0) is 50.8 Å². The van der Waals surface area contributed by atoms with Crippen molar-refractivity contribution < 1.29 is 4.79 Å². The van der Waals surface area contributed by atoms with Crippen LogP contribution in [0.3, 0.4) is 0 Å². The molecule has 1 aromatic rings. The monoisotopic (exact) mass is 238 g/mol. The van der Waals surface area contributed by atoms with E-state index in [9.17, 15) is 4.79 Å². The highest BCUT2D eigenvalue weighted by atomic mass is 32.1. The average molecular weight is 238 g/mol. The van der Waals surface area contributed by atoms with E-state index in [1.54, 1.807) is 18.4 Å². The van der Waals surface area contributed by atoms with E-state index in [2.05, 4.69) is 17.6 Å². The third kappa shape index (κ3) is 2.28. The second-order valence-corrected chi connectivity index (χ2v) is 5.35. The van der Waals surface area contributed by atoms with Crippen molar-refractivity contribution in [2.75, 3.05) is 18.9 Å². The predicted molar refractivity (Wildman–Crippen MR) is 68.3 cm³/mol. The van der Waals surface area contributed by atoms with Crippen LogP contribution in [0.2, 0.25) is 0 Å². The number of fused-ring (bicyclic) bond motifs is 1. The Morgan fingerprint density at radius 3 is 2.81 bits per heavy atom. The highest BCUT2D eigenvalue weighted by Crippen LogP contribution is 2.37. The number of thiophene rings is 1. The zero-order chi connectivity index (χ0) is 11.5. The van der Waals surface area contributed by atoms with Gasteiger partial charge < -0.3 is 10.6 Å². The molecule has 1 aliphatic rings. The molecule has 0 saturated carbocycles. The Hall–Kier alpha value is -0.870. The van der Waals surface area contributed by atoms with E-state index in [1.807, 2.05) is 0 Å². The Kier molecular flexibility index (Phi) is 3.61. The van der Waals surface area contributed by atoms with Gasteiger partial charge >= 0.3 is 0 Å². The van der Waals surface area contributed by atoms with Crippen LogP contribution in [0.5, 0.6) is 0 Å². The van der Waals surface area contributed by atoms with Crippen LogP contribution in [0.15, 0.2) is 0 Å². The third-order valence-electron chi connectivity index (χ3n) is 3.03. The van der Waals surface area contributed by atoms with Gasteiger partial charge in [0.05, 0.1) is 11.5 Å². The number of anilines is 1. The van der Waals surface area contributed by atoms with Crippen molar-refractivity contribution in [1.82, 2.24) is 5.32 Å². The summed E-state index contributed by atoms with van der Waals surface area (Å²) in [5.74, 6) is 0.0456. The first-order chi connectivity index (χ1) is 7.72. The normalized spacial score (nSPS) is 14.6. The summed E-state index contributed by atoms with van der Waals surface area (Å²) in [6, 6.07) is 0. The number of hydrogen-bond acceptors (Lipinski definition) is 3. The van der Waals surface area contributed by atoms with Crippen LogP contribution in [-0.4, -0.2) is 19.5 Å². The Morgan fingerprint density at radius 1 is 1.38 bits per heavy atom. The standard InChI is InChI=1S/C12H18N2OS/c1-8-9-5-3-4-6-10(9)16-12(8)14-11(15)7-13-2/h13H,3-7H2,1-2H3,(H,14,15). The van der Waals surface area contributed by atoms with Crippen molar-refractivity contribution in [3.63, 3.8) is 0 Å². The molecule has 0 fully saturated rings. The Bertz CT molecular complexity index is 398. The van der Waals surface area contributed by atoms with Crippen molar-refractivity contribution >= 4 is 22.2 Å². The Morgan fingerprint density at radius 2 is 2.12 bits per heavy atom. The van der Waals surface area contributed by atoms with E-state index in [4.69, 9.17) is 0 Å². The van der Waals surface area contributed by atoms with E-state index >= 15 is 0 Å². The molecule has 1 aromatic heterocycles. The fraction of sp³-hybridized carbons (Fsp3) is 0.583. The Balaban J connectivity index is 2.15. The van der Waals surface area contributed by atoms with Crippen LogP contribution in [0.4, 0.5) is 5.00 Å². The molecule has 1 heterocycles. The summed E-state index contributed by atoms with van der Waals surface area (Å²) >= 11 is 1.76. The number of hydrogen-bond donors (Lipinski definition) is 2. The molecule has 88 valence electrons. The smallest absolute Gasteiger partial charge is 0.238 e. The van der Waals surface area contributed by atoms with Gasteiger partial charge in [-0.2, -0.15) is 0 Å². The number of likely N-dealkylation sites (N-methyl/N-ethyl adjacent to an activating group) is 1. The van der Waals surface area contributed by atoms with Gasteiger partial charge in [0, 0.05) is 4.88 Å². The summed E-state index contributed by atoms with van der Waals surface area (Å²) in [5, 5.41) is 6.90. The van der Waals surface area contributed by atoms with Crippen molar-refractivity contribution in [3.8, 4) is 0 Å². The molecule has 0 radical (unpaired) electrons. The first kappa shape index (κ1) is 11.6. The molecule has 0 saturated heterocycles. The van der Waals surface area contributed by atoms with Crippen LogP contribution in [-0.2, 0) is 17.6 Å². The van der Waals surface area contributed by atoms with Crippen molar-refractivity contribution in [2.24, 2.45) is 0 Å². The lowest BCUT2D eigenvalue weighted by Gasteiger charge is -2.10. The molecule has 2 rings (SSSR count). The Labute approximate surface area is 100 Å². The molecule has 2 N–H and O–H groups in total. The molecule has 1 amide bonds. The molecule has 0 aliphatic heterocycles. The van der Waals surface area contributed by atoms with Crippen LogP contribution in [0, 0.1) is 6.92 Å². The topological polar surface area (TPSA) is 41.1 Å². The summed E-state index contributed by atoms with van der Waals surface area (Å²) in [5.41, 5.74) is 2.76. The average Bonchev–Trinajstić information content (AvgIpc) is 2.57. The molecule has 1 aliphatic carbocycles. The van der Waals surface area contributed by atoms with E-state index in [1.165, 1.54) is 41.7 Å². The summed E-state index contributed by atoms with van der Waals surface area (Å²) in [7, 11) is 1.78. The largest absolute Gasteiger partial charge is 0.316 e. The molecular formula is C12H18N2OS. The maximum absolute atomic E-state index is 11.5. The first-order valence-corrected chi connectivity index (χ1v) is 6.59. The number of rotatable bonds is 3. The minimum Gasteiger partial charge on any atom is -0.316 e. The quantitative estimate of drug-likeness (QED) is 0.846. The fourth-order valence-electron chi connectivity index (χ4n) is 2.17. The van der Waals surface area contributed by atoms with Gasteiger partial charge in [-0.15, -0.1) is 11.3 Å². The van der Waals surface area contributed by atoms with Gasteiger partial charge in [0.2, 0.25) is 5.91 Å². The second-order valence-electron chi connectivity index (χ2n) is 4.24. The van der Waals surface area contributed by atoms with Crippen LogP contribution in [0.1, 0.15) is 28.8 Å². The van der Waals surface area contributed by atoms with Gasteiger partial charge in [0.25, 0.3) is 0 Å². The lowest BCUT2D eigenvalue weighted by atomic mass is 9.96. The summed E-state index contributed by atoms with van der Waals surface area (Å²) in [4.78, 5) is 13.0. The molecule has 3 nitrogen and oxygen atoms in total. The van der Waals surface area contributed by atoms with Gasteiger partial charge in [-0.3, -0.25) is 4.79 Å². The van der Waals surface area contributed by atoms with E-state index in [-0.39, 0.29) is 5.91 Å². The second kappa shape index (κ2) is 4.97. The van der Waals surface area contributed by atoms with Crippen LogP contribution >= 0.6 is 11.3 Å². The number of nitrogens with one attached hydrogen (secondary N) is 2. The van der Waals surface area contributed by atoms with Crippen molar-refractivity contribution in [3.05, 3.63) is 16.0 Å². The molecule has 16 heavy (non-hydrogen) atoms. The van der Waals surface area contributed by atoms with E-state index < -0.39 is 0 Å². The molecule has 4 heteroatoms. The lowest BCUT2D eigenvalue weighted by Crippen LogP contribution is -2.24. The van der Waals surface area contributed by atoms with Gasteiger partial charge in [-0.1, -0.05) is 0 Å². The molecule has 0 unspecified atom stereocenters. The van der Waals surface area contributed by atoms with Crippen molar-refractivity contribution in [2.45, 2.75) is 32.6 Å². The zero-order valence-electron chi connectivity index (χ0n) is 9.85. The van der Waals surface area contributed by atoms with E-state index in [0.717, 1.165) is 5.00 Å². The van der Waals surface area contributed by atoms with Gasteiger partial charge in [0.15, 0.2) is 0 Å². The highest BCUT2D eigenvalue weighted by molar-refractivity contribution is 7.16. The third-order valence-corrected chi connectivity index (χ3v) is 4.34. The number of amides is 1. The van der Waals surface area contributed by atoms with E-state index in [0.29, 0.717) is 6.54 Å². The fourth-order valence-corrected chi connectivity index (χ4v) is 3.49. The lowest BCUT2D eigenvalue weighted by molar-refractivity contribution is -0.115. The number of aryl methyl sites for hydroxylation is 1.